The monoisotopic (exact) mass is 296 g/mol. The number of hydrogen-bond donors (Lipinski definition) is 0. The van der Waals surface area contributed by atoms with Crippen LogP contribution in [0.3, 0.4) is 0 Å². The van der Waals surface area contributed by atoms with E-state index in [2.05, 4.69) is 48.0 Å². The van der Waals surface area contributed by atoms with Gasteiger partial charge in [0.05, 0.1) is 7.11 Å². The van der Waals surface area contributed by atoms with E-state index in [0.29, 0.717) is 11.8 Å². The van der Waals surface area contributed by atoms with Gasteiger partial charge < -0.3 is 4.74 Å². The Bertz CT molecular complexity index is 383. The quantitative estimate of drug-likeness (QED) is 0.715. The highest BCUT2D eigenvalue weighted by atomic mass is 79.9. The summed E-state index contributed by atoms with van der Waals surface area (Å²) >= 11 is 3.66. The maximum absolute atomic E-state index is 5.44. The average molecular weight is 297 g/mol. The lowest BCUT2D eigenvalue weighted by Crippen LogP contribution is -2.04. The minimum atomic E-state index is 0.514. The fourth-order valence-corrected chi connectivity index (χ4v) is 3.32. The first kappa shape index (κ1) is 12.9. The Balaban J connectivity index is 2.31. The number of benzene rings is 1. The lowest BCUT2D eigenvalue weighted by atomic mass is 9.91. The van der Waals surface area contributed by atoms with Gasteiger partial charge in [-0.3, -0.25) is 0 Å². The molecule has 0 spiro atoms. The van der Waals surface area contributed by atoms with Crippen LogP contribution in [0, 0.1) is 5.92 Å². The molecular weight excluding hydrogens is 276 g/mol. The summed E-state index contributed by atoms with van der Waals surface area (Å²) in [5.41, 5.74) is 2.80. The van der Waals surface area contributed by atoms with Gasteiger partial charge in [-0.25, -0.2) is 0 Å². The van der Waals surface area contributed by atoms with Crippen molar-refractivity contribution in [3.8, 4) is 5.75 Å². The predicted octanol–water partition coefficient (Wildman–Crippen LogP) is 4.71. The molecule has 1 fully saturated rings. The van der Waals surface area contributed by atoms with Gasteiger partial charge in [-0.1, -0.05) is 41.9 Å². The minimum Gasteiger partial charge on any atom is -0.496 e. The summed E-state index contributed by atoms with van der Waals surface area (Å²) in [6.07, 6.45) is 2.78. The van der Waals surface area contributed by atoms with Gasteiger partial charge in [0, 0.05) is 5.33 Å². The van der Waals surface area contributed by atoms with Crippen LogP contribution in [0.1, 0.15) is 49.7 Å². The van der Waals surface area contributed by atoms with Crippen molar-refractivity contribution in [2.24, 2.45) is 5.92 Å². The number of alkyl halides is 1. The number of methoxy groups -OCH3 is 1. The summed E-state index contributed by atoms with van der Waals surface area (Å²) < 4.78 is 5.44. The number of rotatable bonds is 5. The van der Waals surface area contributed by atoms with E-state index in [0.717, 1.165) is 17.0 Å². The van der Waals surface area contributed by atoms with Crippen LogP contribution in [0.2, 0.25) is 0 Å². The number of hydrogen-bond acceptors (Lipinski definition) is 1. The van der Waals surface area contributed by atoms with Crippen LogP contribution in [-0.4, -0.2) is 12.4 Å². The lowest BCUT2D eigenvalue weighted by molar-refractivity contribution is 0.407. The predicted molar refractivity (Wildman–Crippen MR) is 76.3 cm³/mol. The molecule has 0 saturated heterocycles. The normalized spacial score (nSPS) is 17.2. The molecule has 0 amide bonds. The molecule has 1 atom stereocenters. The molecule has 2 rings (SSSR count). The zero-order valence-corrected chi connectivity index (χ0v) is 12.5. The molecule has 94 valence electrons. The largest absolute Gasteiger partial charge is 0.496 e. The third-order valence-electron chi connectivity index (χ3n) is 3.66. The summed E-state index contributed by atoms with van der Waals surface area (Å²) in [6.45, 7) is 4.45. The van der Waals surface area contributed by atoms with Crippen LogP contribution in [0.15, 0.2) is 18.2 Å². The Morgan fingerprint density at radius 1 is 1.35 bits per heavy atom. The molecule has 0 radical (unpaired) electrons. The Labute approximate surface area is 113 Å². The Morgan fingerprint density at radius 2 is 2.06 bits per heavy atom. The first-order chi connectivity index (χ1) is 8.17. The van der Waals surface area contributed by atoms with Crippen LogP contribution in [0.4, 0.5) is 0 Å². The molecule has 0 bridgehead atoms. The molecular formula is C15H21BrO. The molecule has 0 aromatic heterocycles. The molecule has 0 N–H and O–H groups in total. The van der Waals surface area contributed by atoms with Crippen molar-refractivity contribution in [2.45, 2.75) is 38.5 Å². The molecule has 1 saturated carbocycles. The van der Waals surface area contributed by atoms with E-state index in [4.69, 9.17) is 4.74 Å². The minimum absolute atomic E-state index is 0.514. The second-order valence-corrected chi connectivity index (χ2v) is 5.90. The van der Waals surface area contributed by atoms with Crippen molar-refractivity contribution in [1.29, 1.82) is 0 Å². The molecule has 1 nitrogen and oxygen atoms in total. The third kappa shape index (κ3) is 2.85. The van der Waals surface area contributed by atoms with E-state index >= 15 is 0 Å². The fourth-order valence-electron chi connectivity index (χ4n) is 2.42. The number of halogens is 1. The highest BCUT2D eigenvalue weighted by molar-refractivity contribution is 9.09. The van der Waals surface area contributed by atoms with Gasteiger partial charge >= 0.3 is 0 Å². The van der Waals surface area contributed by atoms with Crippen molar-refractivity contribution < 1.29 is 4.74 Å². The van der Waals surface area contributed by atoms with Crippen molar-refractivity contribution in [3.05, 3.63) is 29.3 Å². The number of ether oxygens (including phenoxy) is 1. The SMILES string of the molecule is COc1ccc(C(CBr)C2CC2)cc1C(C)C. The standard InChI is InChI=1S/C15H21BrO/c1-10(2)13-8-12(6-7-15(13)17-3)14(9-16)11-4-5-11/h6-8,10-11,14H,4-5,9H2,1-3H3. The van der Waals surface area contributed by atoms with Crippen LogP contribution >= 0.6 is 15.9 Å². The van der Waals surface area contributed by atoms with Crippen LogP contribution < -0.4 is 4.74 Å². The summed E-state index contributed by atoms with van der Waals surface area (Å²) in [4.78, 5) is 0. The highest BCUT2D eigenvalue weighted by Crippen LogP contribution is 2.44. The molecule has 1 aliphatic rings. The topological polar surface area (TPSA) is 9.23 Å². The molecule has 1 unspecified atom stereocenters. The zero-order valence-electron chi connectivity index (χ0n) is 10.9. The molecule has 2 heteroatoms. The van der Waals surface area contributed by atoms with Gasteiger partial charge in [-0.2, -0.15) is 0 Å². The van der Waals surface area contributed by atoms with Gasteiger partial charge in [0.1, 0.15) is 5.75 Å². The smallest absolute Gasteiger partial charge is 0.122 e. The van der Waals surface area contributed by atoms with Gasteiger partial charge in [-0.05, 0) is 47.8 Å². The third-order valence-corrected chi connectivity index (χ3v) is 4.36. The summed E-state index contributed by atoms with van der Waals surface area (Å²) in [6, 6.07) is 6.70. The molecule has 0 aliphatic heterocycles. The molecule has 1 aromatic rings. The van der Waals surface area contributed by atoms with Gasteiger partial charge in [0.15, 0.2) is 0 Å². The van der Waals surface area contributed by atoms with E-state index in [9.17, 15) is 0 Å². The second kappa shape index (κ2) is 5.43. The van der Waals surface area contributed by atoms with Gasteiger partial charge in [-0.15, -0.1) is 0 Å². The van der Waals surface area contributed by atoms with Gasteiger partial charge in [0.25, 0.3) is 0 Å². The molecule has 17 heavy (non-hydrogen) atoms. The molecule has 0 heterocycles. The van der Waals surface area contributed by atoms with Crippen LogP contribution in [0.5, 0.6) is 5.75 Å². The maximum atomic E-state index is 5.44. The highest BCUT2D eigenvalue weighted by Gasteiger charge is 2.31. The second-order valence-electron chi connectivity index (χ2n) is 5.25. The van der Waals surface area contributed by atoms with E-state index in [1.54, 1.807) is 7.11 Å². The average Bonchev–Trinajstić information content (AvgIpc) is 3.14. The van der Waals surface area contributed by atoms with Crippen molar-refractivity contribution in [1.82, 2.24) is 0 Å². The van der Waals surface area contributed by atoms with Crippen molar-refractivity contribution in [2.75, 3.05) is 12.4 Å². The van der Waals surface area contributed by atoms with E-state index in [-0.39, 0.29) is 0 Å². The van der Waals surface area contributed by atoms with Crippen molar-refractivity contribution >= 4 is 15.9 Å². The first-order valence-corrected chi connectivity index (χ1v) is 7.53. The Hall–Kier alpha value is -0.500. The van der Waals surface area contributed by atoms with Crippen LogP contribution in [0.25, 0.3) is 0 Å². The van der Waals surface area contributed by atoms with E-state index < -0.39 is 0 Å². The first-order valence-electron chi connectivity index (χ1n) is 6.41. The van der Waals surface area contributed by atoms with Crippen LogP contribution in [-0.2, 0) is 0 Å². The Kier molecular flexibility index (Phi) is 4.13. The molecule has 1 aromatic carbocycles. The summed E-state index contributed by atoms with van der Waals surface area (Å²) in [5.74, 6) is 3.11. The van der Waals surface area contributed by atoms with Gasteiger partial charge in [0.2, 0.25) is 0 Å². The summed E-state index contributed by atoms with van der Waals surface area (Å²) in [7, 11) is 1.75. The lowest BCUT2D eigenvalue weighted by Gasteiger charge is -2.18. The van der Waals surface area contributed by atoms with E-state index in [1.165, 1.54) is 24.0 Å². The summed E-state index contributed by atoms with van der Waals surface area (Å²) in [5, 5.41) is 1.07. The Morgan fingerprint density at radius 3 is 2.53 bits per heavy atom. The van der Waals surface area contributed by atoms with E-state index in [1.807, 2.05) is 0 Å². The van der Waals surface area contributed by atoms with Crippen molar-refractivity contribution in [3.63, 3.8) is 0 Å². The fraction of sp³-hybridized carbons (Fsp3) is 0.600. The zero-order chi connectivity index (χ0) is 12.4. The molecule has 1 aliphatic carbocycles. The maximum Gasteiger partial charge on any atom is 0.122 e.